The zero-order valence-electron chi connectivity index (χ0n) is 7.52. The number of carbonyl (C=O) groups is 1. The predicted octanol–water partition coefficient (Wildman–Crippen LogP) is 2.62. The molecule has 1 aromatic heterocycles. The molecule has 0 saturated heterocycles. The van der Waals surface area contributed by atoms with Crippen LogP contribution in [0.1, 0.15) is 9.67 Å². The SMILES string of the molecule is COOC(=O)c1cc2ccccc2s1. The molecule has 0 amide bonds. The second-order valence-corrected chi connectivity index (χ2v) is 3.77. The zero-order valence-corrected chi connectivity index (χ0v) is 8.34. The molecule has 0 aliphatic heterocycles. The van der Waals surface area contributed by atoms with E-state index in [4.69, 9.17) is 0 Å². The molecule has 0 spiro atoms. The molecule has 4 heteroatoms. The Balaban J connectivity index is 2.40. The molecule has 0 aliphatic carbocycles. The van der Waals surface area contributed by atoms with Gasteiger partial charge < -0.3 is 0 Å². The average Bonchev–Trinajstić information content (AvgIpc) is 2.61. The first kappa shape index (κ1) is 9.18. The van der Waals surface area contributed by atoms with E-state index in [1.165, 1.54) is 18.4 Å². The highest BCUT2D eigenvalue weighted by Gasteiger charge is 2.11. The van der Waals surface area contributed by atoms with Crippen molar-refractivity contribution in [2.24, 2.45) is 0 Å². The molecule has 1 heterocycles. The van der Waals surface area contributed by atoms with Crippen molar-refractivity contribution in [2.75, 3.05) is 7.11 Å². The standard InChI is InChI=1S/C10H8O3S/c1-12-13-10(11)9-6-7-4-2-3-5-8(7)14-9/h2-6H,1H3. The van der Waals surface area contributed by atoms with E-state index in [-0.39, 0.29) is 0 Å². The van der Waals surface area contributed by atoms with Gasteiger partial charge in [0.2, 0.25) is 0 Å². The Morgan fingerprint density at radius 2 is 2.14 bits per heavy atom. The number of hydrogen-bond acceptors (Lipinski definition) is 4. The largest absolute Gasteiger partial charge is 0.382 e. The van der Waals surface area contributed by atoms with Crippen molar-refractivity contribution in [3.63, 3.8) is 0 Å². The van der Waals surface area contributed by atoms with Gasteiger partial charge >= 0.3 is 5.97 Å². The zero-order chi connectivity index (χ0) is 9.97. The molecule has 0 atom stereocenters. The fourth-order valence-electron chi connectivity index (χ4n) is 1.20. The normalized spacial score (nSPS) is 10.4. The number of carbonyl (C=O) groups excluding carboxylic acids is 1. The minimum absolute atomic E-state index is 0.450. The Bertz CT molecular complexity index is 428. The van der Waals surface area contributed by atoms with Gasteiger partial charge in [0.05, 0.1) is 7.11 Å². The van der Waals surface area contributed by atoms with Crippen LogP contribution in [-0.4, -0.2) is 13.1 Å². The molecule has 1 aromatic carbocycles. The molecular formula is C10H8O3S. The van der Waals surface area contributed by atoms with E-state index < -0.39 is 5.97 Å². The van der Waals surface area contributed by atoms with Crippen LogP contribution >= 0.6 is 11.3 Å². The van der Waals surface area contributed by atoms with Gasteiger partial charge in [0.15, 0.2) is 0 Å². The van der Waals surface area contributed by atoms with Crippen molar-refractivity contribution >= 4 is 27.4 Å². The van der Waals surface area contributed by atoms with Gasteiger partial charge in [-0.15, -0.1) is 11.3 Å². The van der Waals surface area contributed by atoms with E-state index in [1.807, 2.05) is 24.3 Å². The lowest BCUT2D eigenvalue weighted by molar-refractivity contribution is -0.215. The lowest BCUT2D eigenvalue weighted by Gasteiger charge is -1.93. The minimum atomic E-state index is -0.450. The monoisotopic (exact) mass is 208 g/mol. The fraction of sp³-hybridized carbons (Fsp3) is 0.100. The Morgan fingerprint density at radius 3 is 2.86 bits per heavy atom. The van der Waals surface area contributed by atoms with Crippen molar-refractivity contribution in [1.82, 2.24) is 0 Å². The summed E-state index contributed by atoms with van der Waals surface area (Å²) in [5.41, 5.74) is 0. The number of fused-ring (bicyclic) bond motifs is 1. The molecule has 0 N–H and O–H groups in total. The predicted molar refractivity (Wildman–Crippen MR) is 54.2 cm³/mol. The highest BCUT2D eigenvalue weighted by Crippen LogP contribution is 2.25. The van der Waals surface area contributed by atoms with Crippen molar-refractivity contribution in [3.05, 3.63) is 35.2 Å². The molecule has 72 valence electrons. The Kier molecular flexibility index (Phi) is 2.47. The second kappa shape index (κ2) is 3.77. The molecule has 3 nitrogen and oxygen atoms in total. The van der Waals surface area contributed by atoms with Gasteiger partial charge in [-0.2, -0.15) is 4.89 Å². The Hall–Kier alpha value is -1.39. The molecule has 2 aromatic rings. The molecule has 0 unspecified atom stereocenters. The third kappa shape index (κ3) is 1.62. The van der Waals surface area contributed by atoms with E-state index in [0.717, 1.165) is 10.1 Å². The van der Waals surface area contributed by atoms with Crippen LogP contribution < -0.4 is 0 Å². The van der Waals surface area contributed by atoms with Gasteiger partial charge in [-0.25, -0.2) is 4.79 Å². The summed E-state index contributed by atoms with van der Waals surface area (Å²) < 4.78 is 1.07. The second-order valence-electron chi connectivity index (χ2n) is 2.69. The highest BCUT2D eigenvalue weighted by molar-refractivity contribution is 7.20. The maximum Gasteiger partial charge on any atom is 0.382 e. The van der Waals surface area contributed by atoms with Gasteiger partial charge in [-0.05, 0) is 17.5 Å². The lowest BCUT2D eigenvalue weighted by Crippen LogP contribution is -2.00. The van der Waals surface area contributed by atoms with Crippen molar-refractivity contribution < 1.29 is 14.6 Å². The van der Waals surface area contributed by atoms with E-state index in [1.54, 1.807) is 6.07 Å². The highest BCUT2D eigenvalue weighted by atomic mass is 32.1. The van der Waals surface area contributed by atoms with Crippen LogP contribution in [0.3, 0.4) is 0 Å². The Morgan fingerprint density at radius 1 is 1.36 bits per heavy atom. The third-order valence-electron chi connectivity index (χ3n) is 1.79. The van der Waals surface area contributed by atoms with E-state index in [2.05, 4.69) is 9.78 Å². The summed E-state index contributed by atoms with van der Waals surface area (Å²) in [6.45, 7) is 0. The van der Waals surface area contributed by atoms with E-state index in [0.29, 0.717) is 4.88 Å². The first-order valence-corrected chi connectivity index (χ1v) is 4.86. The summed E-state index contributed by atoms with van der Waals surface area (Å²) >= 11 is 1.39. The molecule has 14 heavy (non-hydrogen) atoms. The molecule has 0 aliphatic rings. The fourth-order valence-corrected chi connectivity index (χ4v) is 2.13. The summed E-state index contributed by atoms with van der Waals surface area (Å²) in [6.07, 6.45) is 0. The third-order valence-corrected chi connectivity index (χ3v) is 2.88. The number of thiophene rings is 1. The van der Waals surface area contributed by atoms with Gasteiger partial charge in [-0.1, -0.05) is 18.2 Å². The maximum atomic E-state index is 11.3. The molecule has 0 radical (unpaired) electrons. The van der Waals surface area contributed by atoms with Crippen molar-refractivity contribution in [1.29, 1.82) is 0 Å². The summed E-state index contributed by atoms with van der Waals surface area (Å²) in [5.74, 6) is -0.450. The van der Waals surface area contributed by atoms with Gasteiger partial charge in [0, 0.05) is 4.70 Å². The number of hydrogen-bond donors (Lipinski definition) is 0. The molecule has 2 rings (SSSR count). The molecule has 0 fully saturated rings. The summed E-state index contributed by atoms with van der Waals surface area (Å²) in [4.78, 5) is 20.6. The Labute approximate surface area is 84.8 Å². The van der Waals surface area contributed by atoms with Gasteiger partial charge in [0.25, 0.3) is 0 Å². The van der Waals surface area contributed by atoms with E-state index in [9.17, 15) is 4.79 Å². The molecule has 0 saturated carbocycles. The minimum Gasteiger partial charge on any atom is -0.292 e. The number of rotatable bonds is 2. The quantitative estimate of drug-likeness (QED) is 0.562. The lowest BCUT2D eigenvalue weighted by atomic mass is 10.2. The van der Waals surface area contributed by atoms with Crippen LogP contribution in [-0.2, 0) is 9.78 Å². The van der Waals surface area contributed by atoms with Crippen LogP contribution in [0.4, 0.5) is 0 Å². The van der Waals surface area contributed by atoms with Crippen LogP contribution in [0.2, 0.25) is 0 Å². The topological polar surface area (TPSA) is 35.5 Å². The van der Waals surface area contributed by atoms with Crippen molar-refractivity contribution in [3.8, 4) is 0 Å². The van der Waals surface area contributed by atoms with Crippen LogP contribution in [0.15, 0.2) is 30.3 Å². The molecule has 0 bridgehead atoms. The van der Waals surface area contributed by atoms with Crippen LogP contribution in [0.25, 0.3) is 10.1 Å². The first-order valence-electron chi connectivity index (χ1n) is 4.05. The summed E-state index contributed by atoms with van der Waals surface area (Å²) in [7, 11) is 1.31. The van der Waals surface area contributed by atoms with Gasteiger partial charge in [-0.3, -0.25) is 4.89 Å². The summed E-state index contributed by atoms with van der Waals surface area (Å²) in [6, 6.07) is 9.57. The number of benzene rings is 1. The van der Waals surface area contributed by atoms with Crippen LogP contribution in [0, 0.1) is 0 Å². The van der Waals surface area contributed by atoms with Gasteiger partial charge in [0.1, 0.15) is 4.88 Å². The first-order chi connectivity index (χ1) is 6.81. The summed E-state index contributed by atoms with van der Waals surface area (Å²) in [5, 5.41) is 1.04. The van der Waals surface area contributed by atoms with Crippen LogP contribution in [0.5, 0.6) is 0 Å². The van der Waals surface area contributed by atoms with Crippen molar-refractivity contribution in [2.45, 2.75) is 0 Å². The average molecular weight is 208 g/mol. The smallest absolute Gasteiger partial charge is 0.292 e. The molecular weight excluding hydrogens is 200 g/mol. The maximum absolute atomic E-state index is 11.3. The van der Waals surface area contributed by atoms with E-state index >= 15 is 0 Å².